The van der Waals surface area contributed by atoms with E-state index in [2.05, 4.69) is 0 Å². The van der Waals surface area contributed by atoms with Gasteiger partial charge in [-0.2, -0.15) is 0 Å². The normalized spacial score (nSPS) is 15.0. The molecule has 0 aromatic heterocycles. The van der Waals surface area contributed by atoms with Gasteiger partial charge < -0.3 is 14.4 Å². The second-order valence-corrected chi connectivity index (χ2v) is 8.98. The summed E-state index contributed by atoms with van der Waals surface area (Å²) >= 11 is 0. The van der Waals surface area contributed by atoms with Gasteiger partial charge in [-0.3, -0.25) is 14.4 Å². The van der Waals surface area contributed by atoms with Gasteiger partial charge in [0.25, 0.3) is 0 Å². The highest BCUT2D eigenvalue weighted by atomic mass is 16.5. The van der Waals surface area contributed by atoms with Crippen LogP contribution in [-0.4, -0.2) is 36.8 Å². The lowest BCUT2D eigenvalue weighted by molar-refractivity contribution is -0.147. The molecule has 7 heteroatoms. The van der Waals surface area contributed by atoms with Crippen LogP contribution in [-0.2, 0) is 14.3 Å². The minimum absolute atomic E-state index is 0.0427. The Hall–Kier alpha value is -4.26. The van der Waals surface area contributed by atoms with E-state index in [0.29, 0.717) is 16.9 Å². The van der Waals surface area contributed by atoms with E-state index in [9.17, 15) is 19.2 Å². The van der Waals surface area contributed by atoms with Gasteiger partial charge >= 0.3 is 11.9 Å². The standard InChI is InChI=1S/C29H27NO6/c1-18-4-7-22(8-5-18)29(34)36-25-12-9-21(10-13-25)26(31)17-35-28(33)23-15-27(32)30(16-23)24-11-6-19(2)20(3)14-24/h4-14,23H,15-17H2,1-3H3/t23-/m1/s1. The number of ether oxygens (including phenoxy) is 2. The van der Waals surface area contributed by atoms with Gasteiger partial charge in [-0.15, -0.1) is 0 Å². The average Bonchev–Trinajstić information content (AvgIpc) is 3.26. The minimum Gasteiger partial charge on any atom is -0.457 e. The molecule has 3 aromatic carbocycles. The molecular weight excluding hydrogens is 458 g/mol. The molecule has 4 rings (SSSR count). The fourth-order valence-electron chi connectivity index (χ4n) is 3.91. The van der Waals surface area contributed by atoms with Crippen molar-refractivity contribution in [3.8, 4) is 5.75 Å². The van der Waals surface area contributed by atoms with E-state index in [4.69, 9.17) is 9.47 Å². The van der Waals surface area contributed by atoms with E-state index in [0.717, 1.165) is 22.4 Å². The largest absolute Gasteiger partial charge is 0.457 e. The fraction of sp³-hybridized carbons (Fsp3) is 0.241. The van der Waals surface area contributed by atoms with Crippen LogP contribution >= 0.6 is 0 Å². The van der Waals surface area contributed by atoms with Gasteiger partial charge in [-0.1, -0.05) is 23.8 Å². The number of aryl methyl sites for hydroxylation is 3. The smallest absolute Gasteiger partial charge is 0.343 e. The third kappa shape index (κ3) is 5.68. The molecule has 1 saturated heterocycles. The van der Waals surface area contributed by atoms with E-state index in [1.54, 1.807) is 17.0 Å². The van der Waals surface area contributed by atoms with E-state index in [-0.39, 0.29) is 18.9 Å². The van der Waals surface area contributed by atoms with Crippen molar-refractivity contribution in [3.05, 3.63) is 94.5 Å². The van der Waals surface area contributed by atoms with Crippen LogP contribution in [0.25, 0.3) is 0 Å². The van der Waals surface area contributed by atoms with Crippen molar-refractivity contribution in [2.75, 3.05) is 18.1 Å². The summed E-state index contributed by atoms with van der Waals surface area (Å²) in [6.45, 7) is 5.67. The van der Waals surface area contributed by atoms with Crippen molar-refractivity contribution in [1.82, 2.24) is 0 Å². The molecule has 0 saturated carbocycles. The first kappa shape index (κ1) is 24.9. The maximum atomic E-state index is 12.5. The topological polar surface area (TPSA) is 90.0 Å². The van der Waals surface area contributed by atoms with Crippen LogP contribution in [0.2, 0.25) is 0 Å². The van der Waals surface area contributed by atoms with Gasteiger partial charge in [0, 0.05) is 24.2 Å². The summed E-state index contributed by atoms with van der Waals surface area (Å²) in [5.74, 6) is -1.95. The first-order valence-corrected chi connectivity index (χ1v) is 11.7. The molecule has 7 nitrogen and oxygen atoms in total. The highest BCUT2D eigenvalue weighted by Gasteiger charge is 2.36. The zero-order chi connectivity index (χ0) is 25.8. The number of anilines is 1. The number of hydrogen-bond donors (Lipinski definition) is 0. The van der Waals surface area contributed by atoms with Crippen molar-refractivity contribution < 1.29 is 28.7 Å². The number of carbonyl (C=O) groups is 4. The molecule has 0 unspecified atom stereocenters. The quantitative estimate of drug-likeness (QED) is 0.276. The number of carbonyl (C=O) groups excluding carboxylic acids is 4. The van der Waals surface area contributed by atoms with E-state index in [1.807, 2.05) is 51.1 Å². The zero-order valence-corrected chi connectivity index (χ0v) is 20.4. The Morgan fingerprint density at radius 3 is 2.19 bits per heavy atom. The Balaban J connectivity index is 1.29. The van der Waals surface area contributed by atoms with Crippen molar-refractivity contribution in [2.24, 2.45) is 5.92 Å². The summed E-state index contributed by atoms with van der Waals surface area (Å²) < 4.78 is 10.6. The van der Waals surface area contributed by atoms with Crippen LogP contribution in [0.15, 0.2) is 66.7 Å². The molecule has 1 aliphatic rings. The minimum atomic E-state index is -0.629. The third-order valence-corrected chi connectivity index (χ3v) is 6.28. The molecule has 1 heterocycles. The second kappa shape index (κ2) is 10.6. The molecule has 1 atom stereocenters. The molecule has 1 amide bonds. The SMILES string of the molecule is Cc1ccc(C(=O)Oc2ccc(C(=O)COC(=O)[C@@H]3CC(=O)N(c4ccc(C)c(C)c4)C3)cc2)cc1. The molecular formula is C29H27NO6. The highest BCUT2D eigenvalue weighted by Crippen LogP contribution is 2.27. The Morgan fingerprint density at radius 2 is 1.53 bits per heavy atom. The van der Waals surface area contributed by atoms with Crippen LogP contribution < -0.4 is 9.64 Å². The second-order valence-electron chi connectivity index (χ2n) is 8.98. The van der Waals surface area contributed by atoms with Crippen LogP contribution in [0.1, 0.15) is 43.8 Å². The molecule has 0 bridgehead atoms. The summed E-state index contributed by atoms with van der Waals surface area (Å²) in [7, 11) is 0. The monoisotopic (exact) mass is 485 g/mol. The molecule has 1 fully saturated rings. The summed E-state index contributed by atoms with van der Waals surface area (Å²) in [5, 5.41) is 0. The first-order chi connectivity index (χ1) is 17.2. The molecule has 0 radical (unpaired) electrons. The van der Waals surface area contributed by atoms with Gasteiger partial charge in [0.05, 0.1) is 11.5 Å². The lowest BCUT2D eigenvalue weighted by Gasteiger charge is -2.17. The molecule has 0 aliphatic carbocycles. The first-order valence-electron chi connectivity index (χ1n) is 11.7. The van der Waals surface area contributed by atoms with Crippen LogP contribution in [0.5, 0.6) is 5.75 Å². The van der Waals surface area contributed by atoms with E-state index >= 15 is 0 Å². The van der Waals surface area contributed by atoms with Crippen LogP contribution in [0, 0.1) is 26.7 Å². The van der Waals surface area contributed by atoms with Gasteiger partial charge in [-0.25, -0.2) is 4.79 Å². The van der Waals surface area contributed by atoms with E-state index in [1.165, 1.54) is 24.3 Å². The molecule has 36 heavy (non-hydrogen) atoms. The lowest BCUT2D eigenvalue weighted by atomic mass is 10.1. The van der Waals surface area contributed by atoms with Gasteiger partial charge in [0.2, 0.25) is 5.91 Å². The summed E-state index contributed by atoms with van der Waals surface area (Å²) in [6, 6.07) is 18.8. The number of esters is 2. The Labute approximate surface area is 209 Å². The number of ketones is 1. The predicted octanol–water partition coefficient (Wildman–Crippen LogP) is 4.61. The van der Waals surface area contributed by atoms with Gasteiger partial charge in [0.1, 0.15) is 5.75 Å². The number of amides is 1. The fourth-order valence-corrected chi connectivity index (χ4v) is 3.91. The van der Waals surface area contributed by atoms with Crippen molar-refractivity contribution in [3.63, 3.8) is 0 Å². The summed E-state index contributed by atoms with van der Waals surface area (Å²) in [5.41, 5.74) is 4.71. The highest BCUT2D eigenvalue weighted by molar-refractivity contribution is 6.01. The Kier molecular flexibility index (Phi) is 7.29. The lowest BCUT2D eigenvalue weighted by Crippen LogP contribution is -2.27. The zero-order valence-electron chi connectivity index (χ0n) is 20.4. The number of benzene rings is 3. The molecule has 3 aromatic rings. The van der Waals surface area contributed by atoms with Gasteiger partial charge in [-0.05, 0) is 80.4 Å². The Bertz CT molecular complexity index is 1310. The third-order valence-electron chi connectivity index (χ3n) is 6.28. The van der Waals surface area contributed by atoms with Crippen LogP contribution in [0.3, 0.4) is 0 Å². The summed E-state index contributed by atoms with van der Waals surface area (Å²) in [4.78, 5) is 51.3. The van der Waals surface area contributed by atoms with E-state index < -0.39 is 30.2 Å². The van der Waals surface area contributed by atoms with Gasteiger partial charge in [0.15, 0.2) is 12.4 Å². The predicted molar refractivity (Wildman–Crippen MR) is 134 cm³/mol. The number of nitrogens with zero attached hydrogens (tertiary/aromatic N) is 1. The van der Waals surface area contributed by atoms with Crippen molar-refractivity contribution >= 4 is 29.3 Å². The molecule has 1 aliphatic heterocycles. The number of rotatable bonds is 7. The van der Waals surface area contributed by atoms with Crippen LogP contribution in [0.4, 0.5) is 5.69 Å². The number of hydrogen-bond acceptors (Lipinski definition) is 6. The van der Waals surface area contributed by atoms with Crippen molar-refractivity contribution in [2.45, 2.75) is 27.2 Å². The summed E-state index contributed by atoms with van der Waals surface area (Å²) in [6.07, 6.45) is 0.0427. The Morgan fingerprint density at radius 1 is 0.861 bits per heavy atom. The number of Topliss-reactive ketones (excluding diaryl/α,β-unsaturated/α-hetero) is 1. The molecule has 0 spiro atoms. The average molecular weight is 486 g/mol. The van der Waals surface area contributed by atoms with Crippen molar-refractivity contribution in [1.29, 1.82) is 0 Å². The molecule has 0 N–H and O–H groups in total. The maximum Gasteiger partial charge on any atom is 0.343 e. The molecule has 184 valence electrons. The maximum absolute atomic E-state index is 12.5.